The lowest BCUT2D eigenvalue weighted by atomic mass is 9.85. The number of fused-ring (bicyclic) bond motifs is 2. The minimum absolute atomic E-state index is 0.203. The van der Waals surface area contributed by atoms with Gasteiger partial charge in [0.15, 0.2) is 6.61 Å². The van der Waals surface area contributed by atoms with Crippen LogP contribution in [0.1, 0.15) is 33.6 Å². The molecular weight excluding hydrogens is 418 g/mol. The number of anilines is 1. The number of amides is 2. The fourth-order valence-corrected chi connectivity index (χ4v) is 4.56. The summed E-state index contributed by atoms with van der Waals surface area (Å²) in [7, 11) is 0. The van der Waals surface area contributed by atoms with Crippen molar-refractivity contribution in [2.75, 3.05) is 11.5 Å². The van der Waals surface area contributed by atoms with Gasteiger partial charge in [0.2, 0.25) is 17.6 Å². The number of carbonyl (C=O) groups excluding carboxylic acids is 4. The molecule has 2 atom stereocenters. The first-order valence-corrected chi connectivity index (χ1v) is 10.9. The van der Waals surface area contributed by atoms with Crippen molar-refractivity contribution in [2.45, 2.75) is 12.8 Å². The van der Waals surface area contributed by atoms with Crippen LogP contribution in [0.15, 0.2) is 78.9 Å². The van der Waals surface area contributed by atoms with E-state index in [9.17, 15) is 19.2 Å². The predicted molar refractivity (Wildman–Crippen MR) is 123 cm³/mol. The summed E-state index contributed by atoms with van der Waals surface area (Å²) < 4.78 is 5.23. The number of allylic oxidation sites excluding steroid dienone is 2. The van der Waals surface area contributed by atoms with Gasteiger partial charge < -0.3 is 4.74 Å². The number of benzene rings is 3. The second-order valence-corrected chi connectivity index (χ2v) is 8.24. The van der Waals surface area contributed by atoms with Gasteiger partial charge in [-0.05, 0) is 47.9 Å². The Hall–Kier alpha value is -4.06. The number of esters is 1. The number of hydrogen-bond acceptors (Lipinski definition) is 5. The maximum absolute atomic E-state index is 12.7. The van der Waals surface area contributed by atoms with Gasteiger partial charge in [0.25, 0.3) is 0 Å². The van der Waals surface area contributed by atoms with Gasteiger partial charge in [-0.1, -0.05) is 54.6 Å². The first-order chi connectivity index (χ1) is 16.0. The van der Waals surface area contributed by atoms with E-state index in [1.54, 1.807) is 24.3 Å². The zero-order valence-corrected chi connectivity index (χ0v) is 17.8. The van der Waals surface area contributed by atoms with Crippen molar-refractivity contribution in [3.63, 3.8) is 0 Å². The van der Waals surface area contributed by atoms with E-state index in [-0.39, 0.29) is 41.6 Å². The molecule has 164 valence electrons. The molecule has 6 nitrogen and oxygen atoms in total. The van der Waals surface area contributed by atoms with Gasteiger partial charge in [-0.15, -0.1) is 0 Å². The smallest absolute Gasteiger partial charge is 0.338 e. The Bertz CT molecular complexity index is 1280. The van der Waals surface area contributed by atoms with Crippen LogP contribution in [0.2, 0.25) is 0 Å². The fraction of sp³-hybridized carbons (Fsp3) is 0.185. The number of ketones is 1. The molecule has 2 amide bonds. The van der Waals surface area contributed by atoms with E-state index in [1.165, 1.54) is 17.0 Å². The molecule has 0 unspecified atom stereocenters. The standard InChI is InChI=1S/C27H21NO5/c29-24(21-11-5-7-17-6-1-2-8-20(17)21)16-33-27(32)18-12-14-19(15-13-18)28-25(30)22-9-3-4-10-23(22)26(28)31/h1-8,11-15,22-23H,9-10,16H2/t22-,23-/m0/s1. The molecule has 0 spiro atoms. The molecule has 1 aliphatic carbocycles. The SMILES string of the molecule is O=C(OCC(=O)c1cccc2ccccc12)c1ccc(N2C(=O)[C@H]3CC=CC[C@@H]3C2=O)cc1. The summed E-state index contributed by atoms with van der Waals surface area (Å²) in [5.74, 6) is -1.97. The third-order valence-electron chi connectivity index (χ3n) is 6.29. The van der Waals surface area contributed by atoms with Gasteiger partial charge in [0.05, 0.1) is 23.1 Å². The second kappa shape index (κ2) is 8.47. The van der Waals surface area contributed by atoms with Crippen molar-refractivity contribution in [3.8, 4) is 0 Å². The maximum atomic E-state index is 12.7. The maximum Gasteiger partial charge on any atom is 0.338 e. The van der Waals surface area contributed by atoms with E-state index < -0.39 is 5.97 Å². The van der Waals surface area contributed by atoms with E-state index in [2.05, 4.69) is 0 Å². The van der Waals surface area contributed by atoms with Crippen LogP contribution in [0.5, 0.6) is 0 Å². The van der Waals surface area contributed by atoms with Crippen LogP contribution in [-0.2, 0) is 14.3 Å². The Balaban J connectivity index is 1.26. The van der Waals surface area contributed by atoms with Crippen LogP contribution < -0.4 is 4.90 Å². The quantitative estimate of drug-likeness (QED) is 0.256. The summed E-state index contributed by atoms with van der Waals surface area (Å²) in [5.41, 5.74) is 1.17. The summed E-state index contributed by atoms with van der Waals surface area (Å²) >= 11 is 0. The minimum atomic E-state index is -0.646. The number of nitrogens with zero attached hydrogens (tertiary/aromatic N) is 1. The fourth-order valence-electron chi connectivity index (χ4n) is 4.56. The Morgan fingerprint density at radius 3 is 2.15 bits per heavy atom. The second-order valence-electron chi connectivity index (χ2n) is 8.24. The molecule has 33 heavy (non-hydrogen) atoms. The van der Waals surface area contributed by atoms with Gasteiger partial charge in [0.1, 0.15) is 0 Å². The number of hydrogen-bond donors (Lipinski definition) is 0. The van der Waals surface area contributed by atoms with E-state index >= 15 is 0 Å². The normalized spacial score (nSPS) is 19.6. The van der Waals surface area contributed by atoms with Crippen molar-refractivity contribution in [1.29, 1.82) is 0 Å². The highest BCUT2D eigenvalue weighted by atomic mass is 16.5. The lowest BCUT2D eigenvalue weighted by Crippen LogP contribution is -2.30. The van der Waals surface area contributed by atoms with Crippen molar-refractivity contribution >= 4 is 40.0 Å². The highest BCUT2D eigenvalue weighted by molar-refractivity contribution is 6.22. The van der Waals surface area contributed by atoms with E-state index in [4.69, 9.17) is 4.74 Å². The molecule has 1 heterocycles. The molecule has 1 aliphatic heterocycles. The number of ether oxygens (including phenoxy) is 1. The summed E-state index contributed by atoms with van der Waals surface area (Å²) in [6.45, 7) is -0.381. The highest BCUT2D eigenvalue weighted by Crippen LogP contribution is 2.37. The van der Waals surface area contributed by atoms with Crippen LogP contribution in [0, 0.1) is 11.8 Å². The van der Waals surface area contributed by atoms with Crippen LogP contribution >= 0.6 is 0 Å². The first-order valence-electron chi connectivity index (χ1n) is 10.9. The number of rotatable bonds is 5. The molecule has 0 N–H and O–H groups in total. The van der Waals surface area contributed by atoms with Crippen molar-refractivity contribution in [3.05, 3.63) is 90.0 Å². The summed E-state index contributed by atoms with van der Waals surface area (Å²) in [5, 5.41) is 1.74. The largest absolute Gasteiger partial charge is 0.454 e. The number of Topliss-reactive ketones (excluding diaryl/α,β-unsaturated/α-hetero) is 1. The third-order valence-corrected chi connectivity index (χ3v) is 6.29. The first kappa shape index (κ1) is 20.8. The zero-order chi connectivity index (χ0) is 22.9. The molecule has 0 saturated carbocycles. The Labute approximate surface area is 190 Å². The number of carbonyl (C=O) groups is 4. The molecular formula is C27H21NO5. The molecule has 0 aromatic heterocycles. The lowest BCUT2D eigenvalue weighted by molar-refractivity contribution is -0.122. The van der Waals surface area contributed by atoms with Gasteiger partial charge in [-0.2, -0.15) is 0 Å². The van der Waals surface area contributed by atoms with Crippen molar-refractivity contribution in [2.24, 2.45) is 11.8 Å². The average molecular weight is 439 g/mol. The molecule has 5 rings (SSSR count). The summed E-state index contributed by atoms with van der Waals surface area (Å²) in [4.78, 5) is 51.8. The molecule has 0 bridgehead atoms. The lowest BCUT2D eigenvalue weighted by Gasteiger charge is -2.15. The molecule has 2 aliphatic rings. The van der Waals surface area contributed by atoms with Crippen LogP contribution in [0.25, 0.3) is 10.8 Å². The molecule has 3 aromatic rings. The molecule has 1 saturated heterocycles. The van der Waals surface area contributed by atoms with Gasteiger partial charge in [-0.3, -0.25) is 19.3 Å². The van der Waals surface area contributed by atoms with Gasteiger partial charge in [0, 0.05) is 5.56 Å². The minimum Gasteiger partial charge on any atom is -0.454 e. The van der Waals surface area contributed by atoms with Crippen molar-refractivity contribution in [1.82, 2.24) is 0 Å². The summed E-state index contributed by atoms with van der Waals surface area (Å²) in [6, 6.07) is 19.1. The van der Waals surface area contributed by atoms with Crippen LogP contribution in [-0.4, -0.2) is 30.2 Å². The third kappa shape index (κ3) is 3.74. The highest BCUT2D eigenvalue weighted by Gasteiger charge is 2.47. The topological polar surface area (TPSA) is 80.8 Å². The zero-order valence-electron chi connectivity index (χ0n) is 17.8. The molecule has 3 aromatic carbocycles. The number of imide groups is 1. The monoisotopic (exact) mass is 439 g/mol. The van der Waals surface area contributed by atoms with Gasteiger partial charge >= 0.3 is 5.97 Å². The summed E-state index contributed by atoms with van der Waals surface area (Å²) in [6.07, 6.45) is 5.02. The molecule has 0 radical (unpaired) electrons. The van der Waals surface area contributed by atoms with Crippen LogP contribution in [0.3, 0.4) is 0 Å². The van der Waals surface area contributed by atoms with E-state index in [0.29, 0.717) is 24.1 Å². The Kier molecular flexibility index (Phi) is 5.34. The van der Waals surface area contributed by atoms with Crippen LogP contribution in [0.4, 0.5) is 5.69 Å². The van der Waals surface area contributed by atoms with Crippen molar-refractivity contribution < 1.29 is 23.9 Å². The van der Waals surface area contributed by atoms with Gasteiger partial charge in [-0.25, -0.2) is 4.79 Å². The average Bonchev–Trinajstić information content (AvgIpc) is 3.12. The Morgan fingerprint density at radius 1 is 0.818 bits per heavy atom. The predicted octanol–water partition coefficient (Wildman–Crippen LogP) is 4.34. The molecule has 1 fully saturated rings. The van der Waals surface area contributed by atoms with E-state index in [1.807, 2.05) is 42.5 Å². The molecule has 6 heteroatoms. The Morgan fingerprint density at radius 2 is 1.45 bits per heavy atom. The van der Waals surface area contributed by atoms with E-state index in [0.717, 1.165) is 10.8 Å².